The van der Waals surface area contributed by atoms with E-state index in [-0.39, 0.29) is 29.9 Å². The molecule has 34 heavy (non-hydrogen) atoms. The number of rotatable bonds is 8. The molecule has 0 saturated carbocycles. The third-order valence-corrected chi connectivity index (χ3v) is 5.63. The van der Waals surface area contributed by atoms with Gasteiger partial charge < -0.3 is 15.4 Å². The highest BCUT2D eigenvalue weighted by Crippen LogP contribution is 2.18. The van der Waals surface area contributed by atoms with Gasteiger partial charge in [0.25, 0.3) is 11.8 Å². The van der Waals surface area contributed by atoms with E-state index in [4.69, 9.17) is 4.74 Å². The Balaban J connectivity index is 1.33. The lowest BCUT2D eigenvalue weighted by molar-refractivity contribution is 0.0949. The molecule has 9 heteroatoms. The minimum absolute atomic E-state index is 0.184. The Morgan fingerprint density at radius 1 is 0.971 bits per heavy atom. The molecule has 1 heterocycles. The minimum Gasteiger partial charge on any atom is -0.486 e. The summed E-state index contributed by atoms with van der Waals surface area (Å²) in [5, 5.41) is 14.2. The van der Waals surface area contributed by atoms with Crippen LogP contribution in [0.5, 0.6) is 5.75 Å². The Bertz CT molecular complexity index is 1320. The molecule has 0 aliphatic carbocycles. The van der Waals surface area contributed by atoms with Crippen molar-refractivity contribution in [1.82, 2.24) is 15.5 Å². The smallest absolute Gasteiger partial charge is 0.286 e. The van der Waals surface area contributed by atoms with Crippen LogP contribution >= 0.6 is 11.3 Å². The molecule has 172 valence electrons. The Morgan fingerprint density at radius 3 is 2.62 bits per heavy atom. The van der Waals surface area contributed by atoms with Gasteiger partial charge in [-0.15, -0.1) is 10.2 Å². The number of nitrogens with zero attached hydrogens (tertiary/aromatic N) is 2. The van der Waals surface area contributed by atoms with Crippen LogP contribution in [0.1, 0.15) is 36.3 Å². The van der Waals surface area contributed by atoms with Gasteiger partial charge in [-0.1, -0.05) is 41.7 Å². The summed E-state index contributed by atoms with van der Waals surface area (Å²) in [4.78, 5) is 25.1. The van der Waals surface area contributed by atoms with E-state index in [1.165, 1.54) is 12.1 Å². The second kappa shape index (κ2) is 10.7. The first-order chi connectivity index (χ1) is 16.5. The van der Waals surface area contributed by atoms with Crippen molar-refractivity contribution >= 4 is 28.8 Å². The summed E-state index contributed by atoms with van der Waals surface area (Å²) in [5.74, 6) is -0.421. The fourth-order valence-corrected chi connectivity index (χ4v) is 3.76. The summed E-state index contributed by atoms with van der Waals surface area (Å²) >= 11 is 1.13. The number of anilines is 1. The van der Waals surface area contributed by atoms with Gasteiger partial charge in [0, 0.05) is 17.8 Å². The molecule has 0 spiro atoms. The third kappa shape index (κ3) is 6.23. The van der Waals surface area contributed by atoms with E-state index in [0.29, 0.717) is 27.6 Å². The maximum Gasteiger partial charge on any atom is 0.286 e. The summed E-state index contributed by atoms with van der Waals surface area (Å²) < 4.78 is 19.0. The number of hydrogen-bond donors (Lipinski definition) is 2. The van der Waals surface area contributed by atoms with Gasteiger partial charge in [0.2, 0.25) is 5.01 Å². The zero-order valence-corrected chi connectivity index (χ0v) is 19.1. The van der Waals surface area contributed by atoms with Crippen molar-refractivity contribution in [3.8, 4) is 5.75 Å². The quantitative estimate of drug-likeness (QED) is 0.383. The van der Waals surface area contributed by atoms with E-state index in [1.807, 2.05) is 31.2 Å². The molecule has 7 nitrogen and oxygen atoms in total. The average Bonchev–Trinajstić information content (AvgIpc) is 3.31. The molecule has 3 aromatic carbocycles. The van der Waals surface area contributed by atoms with E-state index in [1.54, 1.807) is 36.4 Å². The Kier molecular flexibility index (Phi) is 7.24. The fourth-order valence-electron chi connectivity index (χ4n) is 3.11. The number of nitrogens with one attached hydrogen (secondary N) is 2. The van der Waals surface area contributed by atoms with Gasteiger partial charge >= 0.3 is 0 Å². The van der Waals surface area contributed by atoms with Crippen molar-refractivity contribution in [3.63, 3.8) is 0 Å². The van der Waals surface area contributed by atoms with E-state index in [2.05, 4.69) is 20.8 Å². The molecule has 0 fully saturated rings. The van der Waals surface area contributed by atoms with Crippen LogP contribution in [0.3, 0.4) is 0 Å². The predicted octanol–water partition coefficient (Wildman–Crippen LogP) is 4.75. The summed E-state index contributed by atoms with van der Waals surface area (Å²) in [7, 11) is 0. The Labute approximate surface area is 199 Å². The van der Waals surface area contributed by atoms with Crippen LogP contribution in [-0.2, 0) is 13.2 Å². The monoisotopic (exact) mass is 476 g/mol. The van der Waals surface area contributed by atoms with Crippen molar-refractivity contribution in [1.29, 1.82) is 0 Å². The van der Waals surface area contributed by atoms with Crippen LogP contribution in [0, 0.1) is 12.7 Å². The second-order valence-corrected chi connectivity index (χ2v) is 8.52. The molecule has 0 atom stereocenters. The second-order valence-electron chi connectivity index (χ2n) is 7.45. The van der Waals surface area contributed by atoms with E-state index in [0.717, 1.165) is 16.9 Å². The highest BCUT2D eigenvalue weighted by Gasteiger charge is 2.15. The van der Waals surface area contributed by atoms with E-state index in [9.17, 15) is 14.0 Å². The van der Waals surface area contributed by atoms with Crippen LogP contribution in [0.25, 0.3) is 0 Å². The standard InChI is InChI=1S/C25H21FN4O3S/c1-16-5-2-10-21(11-16)33-15-22-29-30-25(34-22)24(32)28-20-9-4-7-18(13-20)23(31)27-14-17-6-3-8-19(26)12-17/h2-13H,14-15H2,1H3,(H,27,31)(H,28,32). The first-order valence-electron chi connectivity index (χ1n) is 10.4. The Hall–Kier alpha value is -4.11. The molecule has 0 aliphatic rings. The van der Waals surface area contributed by atoms with Crippen molar-refractivity contribution in [3.05, 3.63) is 105 Å². The molecular weight excluding hydrogens is 455 g/mol. The fraction of sp³-hybridized carbons (Fsp3) is 0.120. The molecule has 0 aliphatic heterocycles. The van der Waals surface area contributed by atoms with Crippen molar-refractivity contribution in [2.24, 2.45) is 0 Å². The average molecular weight is 477 g/mol. The zero-order chi connectivity index (χ0) is 23.9. The number of ether oxygens (including phenoxy) is 1. The van der Waals surface area contributed by atoms with Crippen molar-refractivity contribution in [2.75, 3.05) is 5.32 Å². The van der Waals surface area contributed by atoms with Crippen LogP contribution in [0.2, 0.25) is 0 Å². The normalized spacial score (nSPS) is 10.5. The van der Waals surface area contributed by atoms with Crippen molar-refractivity contribution in [2.45, 2.75) is 20.1 Å². The number of halogens is 1. The molecule has 0 radical (unpaired) electrons. The molecule has 2 N–H and O–H groups in total. The minimum atomic E-state index is -0.434. The highest BCUT2D eigenvalue weighted by molar-refractivity contribution is 7.13. The Morgan fingerprint density at radius 2 is 1.79 bits per heavy atom. The molecule has 2 amide bonds. The van der Waals surface area contributed by atoms with E-state index >= 15 is 0 Å². The summed E-state index contributed by atoms with van der Waals surface area (Å²) in [5.41, 5.74) is 2.53. The van der Waals surface area contributed by atoms with Crippen LogP contribution in [0.15, 0.2) is 72.8 Å². The van der Waals surface area contributed by atoms with E-state index < -0.39 is 5.91 Å². The van der Waals surface area contributed by atoms with Gasteiger partial charge in [0.1, 0.15) is 18.2 Å². The molecule has 0 bridgehead atoms. The molecule has 0 unspecified atom stereocenters. The molecular formula is C25H21FN4O3S. The highest BCUT2D eigenvalue weighted by atomic mass is 32.1. The van der Waals surface area contributed by atoms with Crippen LogP contribution < -0.4 is 15.4 Å². The predicted molar refractivity (Wildman–Crippen MR) is 127 cm³/mol. The number of amides is 2. The van der Waals surface area contributed by atoms with Gasteiger partial charge in [-0.2, -0.15) is 0 Å². The number of carbonyl (C=O) groups is 2. The van der Waals surface area contributed by atoms with Gasteiger partial charge in [0.15, 0.2) is 5.01 Å². The first kappa shape index (κ1) is 23.1. The van der Waals surface area contributed by atoms with Gasteiger partial charge in [0.05, 0.1) is 0 Å². The zero-order valence-electron chi connectivity index (χ0n) is 18.2. The molecule has 4 rings (SSSR count). The van der Waals surface area contributed by atoms with Crippen molar-refractivity contribution < 1.29 is 18.7 Å². The SMILES string of the molecule is Cc1cccc(OCc2nnc(C(=O)Nc3cccc(C(=O)NCc4cccc(F)c4)c3)s2)c1. The summed E-state index contributed by atoms with van der Waals surface area (Å²) in [6.45, 7) is 2.37. The maximum absolute atomic E-state index is 13.3. The maximum atomic E-state index is 13.3. The van der Waals surface area contributed by atoms with Crippen LogP contribution in [0.4, 0.5) is 10.1 Å². The lowest BCUT2D eigenvalue weighted by atomic mass is 10.1. The largest absolute Gasteiger partial charge is 0.486 e. The summed E-state index contributed by atoms with van der Waals surface area (Å²) in [6.07, 6.45) is 0. The van der Waals surface area contributed by atoms with Gasteiger partial charge in [-0.3, -0.25) is 9.59 Å². The number of carbonyl (C=O) groups excluding carboxylic acids is 2. The van der Waals surface area contributed by atoms with Gasteiger partial charge in [-0.25, -0.2) is 4.39 Å². The number of hydrogen-bond acceptors (Lipinski definition) is 6. The molecule has 4 aromatic rings. The molecule has 0 saturated heterocycles. The van der Waals surface area contributed by atoms with Crippen LogP contribution in [-0.4, -0.2) is 22.0 Å². The third-order valence-electron chi connectivity index (χ3n) is 4.74. The summed E-state index contributed by atoms with van der Waals surface area (Å²) in [6, 6.07) is 20.2. The number of aromatic nitrogens is 2. The topological polar surface area (TPSA) is 93.2 Å². The molecule has 1 aromatic heterocycles. The van der Waals surface area contributed by atoms with Gasteiger partial charge in [-0.05, 0) is 60.5 Å². The lowest BCUT2D eigenvalue weighted by Gasteiger charge is -2.08. The number of benzene rings is 3. The first-order valence-corrected chi connectivity index (χ1v) is 11.2. The number of aryl methyl sites for hydroxylation is 1. The lowest BCUT2D eigenvalue weighted by Crippen LogP contribution is -2.23.